The summed E-state index contributed by atoms with van der Waals surface area (Å²) in [6.07, 6.45) is -0.210. The average Bonchev–Trinajstić information content (AvgIpc) is 3.13. The third kappa shape index (κ3) is 4.09. The van der Waals surface area contributed by atoms with E-state index in [1.54, 1.807) is 13.2 Å². The molecule has 28 heavy (non-hydrogen) atoms. The fraction of sp³-hybridized carbons (Fsp3) is 0.421. The molecule has 2 atom stereocenters. The molecule has 0 saturated heterocycles. The van der Waals surface area contributed by atoms with Crippen molar-refractivity contribution < 1.29 is 17.9 Å². The Balaban J connectivity index is 1.80. The number of alkyl halides is 3. The van der Waals surface area contributed by atoms with E-state index in [9.17, 15) is 13.2 Å². The maximum atomic E-state index is 13.2. The molecule has 0 fully saturated rings. The topological polar surface area (TPSA) is 64.9 Å². The highest BCUT2D eigenvalue weighted by molar-refractivity contribution is 5.75. The van der Waals surface area contributed by atoms with Crippen LogP contribution in [-0.4, -0.2) is 40.1 Å². The van der Waals surface area contributed by atoms with Gasteiger partial charge >= 0.3 is 6.18 Å². The summed E-state index contributed by atoms with van der Waals surface area (Å²) in [7, 11) is 1.60. The molecule has 3 rings (SSSR count). The van der Waals surface area contributed by atoms with Crippen molar-refractivity contribution in [2.24, 2.45) is 5.41 Å². The van der Waals surface area contributed by atoms with Crippen molar-refractivity contribution in [3.63, 3.8) is 0 Å². The molecule has 1 aromatic heterocycles. The number of tetrazole rings is 1. The van der Waals surface area contributed by atoms with Crippen LogP contribution >= 0.6 is 0 Å². The summed E-state index contributed by atoms with van der Waals surface area (Å²) >= 11 is 0. The molecule has 150 valence electrons. The van der Waals surface area contributed by atoms with Gasteiger partial charge in [-0.1, -0.05) is 24.3 Å². The van der Waals surface area contributed by atoms with Gasteiger partial charge in [-0.15, -0.1) is 10.2 Å². The van der Waals surface area contributed by atoms with E-state index in [4.69, 9.17) is 4.74 Å². The number of methoxy groups -OCH3 is 1. The molecule has 1 heterocycles. The largest absolute Gasteiger partial charge is 0.397 e. The molecule has 9 heteroatoms. The van der Waals surface area contributed by atoms with E-state index in [-0.39, 0.29) is 12.5 Å². The molecule has 0 aliphatic heterocycles. The van der Waals surface area contributed by atoms with Gasteiger partial charge in [-0.3, -0.25) is 0 Å². The average molecular weight is 393 g/mol. The molecule has 0 bridgehead atoms. The summed E-state index contributed by atoms with van der Waals surface area (Å²) in [5, 5.41) is 15.7. The van der Waals surface area contributed by atoms with Gasteiger partial charge < -0.3 is 10.1 Å². The summed E-state index contributed by atoms with van der Waals surface area (Å²) in [6.45, 7) is 3.55. The van der Waals surface area contributed by atoms with Crippen LogP contribution in [0.1, 0.15) is 26.3 Å². The monoisotopic (exact) mass is 393 g/mol. The van der Waals surface area contributed by atoms with Crippen molar-refractivity contribution in [2.45, 2.75) is 32.5 Å². The molecule has 0 amide bonds. The third-order valence-corrected chi connectivity index (χ3v) is 4.70. The van der Waals surface area contributed by atoms with Crippen molar-refractivity contribution in [1.29, 1.82) is 0 Å². The second kappa shape index (κ2) is 7.75. The van der Waals surface area contributed by atoms with Gasteiger partial charge in [-0.25, -0.2) is 0 Å². The SMILES string of the molecule is COCC(C)n1nnc(-c2ccccc2NC2=CCC(C)(C(F)(F)F)C=C2)n1. The lowest BCUT2D eigenvalue weighted by Gasteiger charge is -2.30. The number of rotatable bonds is 6. The zero-order chi connectivity index (χ0) is 20.4. The quantitative estimate of drug-likeness (QED) is 0.789. The summed E-state index contributed by atoms with van der Waals surface area (Å²) in [6, 6.07) is 7.25. The van der Waals surface area contributed by atoms with E-state index in [1.165, 1.54) is 23.9 Å². The summed E-state index contributed by atoms with van der Waals surface area (Å²) in [5.74, 6) is 0.423. The number of aromatic nitrogens is 4. The number of allylic oxidation sites excluding steroid dienone is 3. The van der Waals surface area contributed by atoms with Gasteiger partial charge in [0, 0.05) is 24.1 Å². The minimum Gasteiger partial charge on any atom is -0.382 e. The van der Waals surface area contributed by atoms with E-state index in [0.717, 1.165) is 0 Å². The van der Waals surface area contributed by atoms with Crippen LogP contribution in [0.3, 0.4) is 0 Å². The molecular formula is C19H22F3N5O. The second-order valence-corrected chi connectivity index (χ2v) is 7.02. The van der Waals surface area contributed by atoms with Gasteiger partial charge in [-0.2, -0.15) is 18.0 Å². The molecule has 1 aliphatic carbocycles. The Morgan fingerprint density at radius 2 is 2.07 bits per heavy atom. The van der Waals surface area contributed by atoms with Crippen LogP contribution in [-0.2, 0) is 4.74 Å². The zero-order valence-electron chi connectivity index (χ0n) is 15.9. The van der Waals surface area contributed by atoms with Gasteiger partial charge in [0.1, 0.15) is 0 Å². The molecule has 1 aliphatic rings. The molecule has 0 spiro atoms. The Bertz CT molecular complexity index is 890. The first kappa shape index (κ1) is 20.1. The summed E-state index contributed by atoms with van der Waals surface area (Å²) < 4.78 is 44.6. The van der Waals surface area contributed by atoms with Crippen molar-refractivity contribution in [1.82, 2.24) is 20.2 Å². The predicted molar refractivity (Wildman–Crippen MR) is 99.5 cm³/mol. The Morgan fingerprint density at radius 3 is 2.71 bits per heavy atom. The van der Waals surface area contributed by atoms with Crippen LogP contribution in [0.5, 0.6) is 0 Å². The number of para-hydroxylation sites is 1. The maximum Gasteiger partial charge on any atom is 0.397 e. The normalized spacial score (nSPS) is 20.7. The van der Waals surface area contributed by atoms with E-state index >= 15 is 0 Å². The van der Waals surface area contributed by atoms with Gasteiger partial charge in [0.05, 0.1) is 18.1 Å². The summed E-state index contributed by atoms with van der Waals surface area (Å²) in [4.78, 5) is 1.48. The minimum absolute atomic E-state index is 0.0737. The van der Waals surface area contributed by atoms with Crippen LogP contribution in [0, 0.1) is 5.41 Å². The first-order valence-corrected chi connectivity index (χ1v) is 8.84. The molecule has 0 radical (unpaired) electrons. The van der Waals surface area contributed by atoms with Crippen LogP contribution in [0.15, 0.2) is 48.2 Å². The first-order valence-electron chi connectivity index (χ1n) is 8.84. The number of halogens is 3. The van der Waals surface area contributed by atoms with Crippen LogP contribution < -0.4 is 5.32 Å². The number of ether oxygens (including phenoxy) is 1. The molecule has 6 nitrogen and oxygen atoms in total. The second-order valence-electron chi connectivity index (χ2n) is 7.02. The highest BCUT2D eigenvalue weighted by Gasteiger charge is 2.49. The molecule has 2 unspecified atom stereocenters. The zero-order valence-corrected chi connectivity index (χ0v) is 15.9. The fourth-order valence-corrected chi connectivity index (χ4v) is 2.80. The standard InChI is InChI=1S/C19H22F3N5O/c1-13(12-28-3)27-25-17(24-26-27)15-6-4-5-7-16(15)23-14-8-10-18(2,11-9-14)19(20,21)22/h4-10,13,23H,11-12H2,1-3H3. The van der Waals surface area contributed by atoms with Crippen molar-refractivity contribution in [2.75, 3.05) is 19.0 Å². The first-order chi connectivity index (χ1) is 13.2. The lowest BCUT2D eigenvalue weighted by Crippen LogP contribution is -2.34. The lowest BCUT2D eigenvalue weighted by molar-refractivity contribution is -0.199. The van der Waals surface area contributed by atoms with Gasteiger partial charge in [0.25, 0.3) is 0 Å². The molecule has 2 aromatic rings. The van der Waals surface area contributed by atoms with Gasteiger partial charge in [0.2, 0.25) is 5.82 Å². The van der Waals surface area contributed by atoms with Crippen LogP contribution in [0.4, 0.5) is 18.9 Å². The van der Waals surface area contributed by atoms with E-state index in [1.807, 2.05) is 31.2 Å². The summed E-state index contributed by atoms with van der Waals surface area (Å²) in [5.41, 5.74) is 0.137. The van der Waals surface area contributed by atoms with Gasteiger partial charge in [-0.05, 0) is 43.7 Å². The van der Waals surface area contributed by atoms with E-state index in [0.29, 0.717) is 29.4 Å². The molecule has 0 saturated carbocycles. The van der Waals surface area contributed by atoms with E-state index < -0.39 is 11.6 Å². The highest BCUT2D eigenvalue weighted by atomic mass is 19.4. The minimum atomic E-state index is -4.29. The number of nitrogens with one attached hydrogen (secondary N) is 1. The van der Waals surface area contributed by atoms with E-state index in [2.05, 4.69) is 20.7 Å². The maximum absolute atomic E-state index is 13.2. The predicted octanol–water partition coefficient (Wildman–Crippen LogP) is 4.37. The molecule has 1 N–H and O–H groups in total. The lowest BCUT2D eigenvalue weighted by atomic mass is 9.82. The Labute approximate surface area is 161 Å². The van der Waals surface area contributed by atoms with Crippen molar-refractivity contribution >= 4 is 5.69 Å². The highest BCUT2D eigenvalue weighted by Crippen LogP contribution is 2.44. The molecular weight excluding hydrogens is 371 g/mol. The number of hydrogen-bond donors (Lipinski definition) is 1. The Kier molecular flexibility index (Phi) is 5.55. The number of benzene rings is 1. The number of nitrogens with zero attached hydrogens (tertiary/aromatic N) is 4. The number of anilines is 1. The Morgan fingerprint density at radius 1 is 1.32 bits per heavy atom. The smallest absolute Gasteiger partial charge is 0.382 e. The van der Waals surface area contributed by atoms with Gasteiger partial charge in [0.15, 0.2) is 0 Å². The van der Waals surface area contributed by atoms with Crippen LogP contribution in [0.25, 0.3) is 11.4 Å². The Hall–Kier alpha value is -2.68. The van der Waals surface area contributed by atoms with Crippen molar-refractivity contribution in [3.8, 4) is 11.4 Å². The molecule has 1 aromatic carbocycles. The third-order valence-electron chi connectivity index (χ3n) is 4.70. The van der Waals surface area contributed by atoms with Crippen LogP contribution in [0.2, 0.25) is 0 Å². The number of hydrogen-bond acceptors (Lipinski definition) is 5. The fourth-order valence-electron chi connectivity index (χ4n) is 2.80. The van der Waals surface area contributed by atoms with Crippen molar-refractivity contribution in [3.05, 3.63) is 48.2 Å².